The van der Waals surface area contributed by atoms with Crippen LogP contribution in [-0.4, -0.2) is 13.1 Å². The van der Waals surface area contributed by atoms with Crippen LogP contribution in [0.5, 0.6) is 0 Å². The fourth-order valence-corrected chi connectivity index (χ4v) is 2.07. The Bertz CT molecular complexity index is 443. The standard InChI is InChI=1S/C15H20F2N2/c1-10(2)8-19(9-11(3)4)15-13(16)5-12(7-18)6-14(15)17/h5-6,10-11H,8-9H2,1-4H3. The van der Waals surface area contributed by atoms with Crippen molar-refractivity contribution >= 4 is 5.69 Å². The minimum atomic E-state index is -0.669. The van der Waals surface area contributed by atoms with Crippen molar-refractivity contribution in [1.29, 1.82) is 5.26 Å². The molecule has 1 rings (SSSR count). The molecule has 0 aliphatic heterocycles. The second-order valence-electron chi connectivity index (χ2n) is 5.59. The Morgan fingerprint density at radius 3 is 1.79 bits per heavy atom. The molecule has 0 unspecified atom stereocenters. The van der Waals surface area contributed by atoms with Crippen molar-refractivity contribution in [1.82, 2.24) is 0 Å². The molecular formula is C15H20F2N2. The molecule has 0 heterocycles. The van der Waals surface area contributed by atoms with Gasteiger partial charge in [0.15, 0.2) is 11.6 Å². The lowest BCUT2D eigenvalue weighted by Crippen LogP contribution is -2.32. The average Bonchev–Trinajstić information content (AvgIpc) is 2.25. The molecule has 1 aromatic rings. The lowest BCUT2D eigenvalue weighted by molar-refractivity contribution is 0.517. The van der Waals surface area contributed by atoms with Gasteiger partial charge in [-0.25, -0.2) is 8.78 Å². The summed E-state index contributed by atoms with van der Waals surface area (Å²) in [7, 11) is 0. The van der Waals surface area contributed by atoms with E-state index in [1.54, 1.807) is 11.0 Å². The molecule has 0 spiro atoms. The molecule has 1 aromatic carbocycles. The van der Waals surface area contributed by atoms with Crippen LogP contribution in [0.15, 0.2) is 12.1 Å². The fraction of sp³-hybridized carbons (Fsp3) is 0.533. The Hall–Kier alpha value is -1.63. The molecule has 19 heavy (non-hydrogen) atoms. The Labute approximate surface area is 113 Å². The maximum atomic E-state index is 14.0. The third-order valence-electron chi connectivity index (χ3n) is 2.63. The third kappa shape index (κ3) is 4.20. The second kappa shape index (κ2) is 6.51. The van der Waals surface area contributed by atoms with Crippen LogP contribution in [0.1, 0.15) is 33.3 Å². The van der Waals surface area contributed by atoms with Gasteiger partial charge < -0.3 is 4.90 Å². The maximum absolute atomic E-state index is 14.0. The van der Waals surface area contributed by atoms with Gasteiger partial charge in [0.25, 0.3) is 0 Å². The second-order valence-corrected chi connectivity index (χ2v) is 5.59. The molecule has 2 nitrogen and oxygen atoms in total. The summed E-state index contributed by atoms with van der Waals surface area (Å²) in [5.41, 5.74) is -0.0193. The Morgan fingerprint density at radius 1 is 1.05 bits per heavy atom. The first kappa shape index (κ1) is 15.4. The van der Waals surface area contributed by atoms with E-state index in [4.69, 9.17) is 5.26 Å². The first-order valence-electron chi connectivity index (χ1n) is 6.49. The molecular weight excluding hydrogens is 246 g/mol. The summed E-state index contributed by atoms with van der Waals surface area (Å²) in [6.45, 7) is 9.19. The molecule has 0 aliphatic rings. The van der Waals surface area contributed by atoms with E-state index in [2.05, 4.69) is 0 Å². The highest BCUT2D eigenvalue weighted by Crippen LogP contribution is 2.26. The van der Waals surface area contributed by atoms with Gasteiger partial charge >= 0.3 is 0 Å². The van der Waals surface area contributed by atoms with E-state index in [0.717, 1.165) is 12.1 Å². The Balaban J connectivity index is 3.18. The predicted octanol–water partition coefficient (Wildman–Crippen LogP) is 3.95. The van der Waals surface area contributed by atoms with Crippen molar-refractivity contribution in [3.8, 4) is 6.07 Å². The van der Waals surface area contributed by atoms with Gasteiger partial charge in [0.05, 0.1) is 11.6 Å². The summed E-state index contributed by atoms with van der Waals surface area (Å²) in [5, 5.41) is 8.71. The Morgan fingerprint density at radius 2 is 1.47 bits per heavy atom. The molecule has 0 aliphatic carbocycles. The predicted molar refractivity (Wildman–Crippen MR) is 73.0 cm³/mol. The van der Waals surface area contributed by atoms with Gasteiger partial charge in [-0.15, -0.1) is 0 Å². The molecule has 0 fully saturated rings. The number of rotatable bonds is 5. The molecule has 0 saturated heterocycles. The van der Waals surface area contributed by atoms with Crippen LogP contribution < -0.4 is 4.90 Å². The first-order valence-corrected chi connectivity index (χ1v) is 6.49. The van der Waals surface area contributed by atoms with Crippen molar-refractivity contribution < 1.29 is 8.78 Å². The van der Waals surface area contributed by atoms with Crippen LogP contribution in [0.2, 0.25) is 0 Å². The topological polar surface area (TPSA) is 27.0 Å². The lowest BCUT2D eigenvalue weighted by Gasteiger charge is -2.29. The van der Waals surface area contributed by atoms with Gasteiger partial charge in [0.2, 0.25) is 0 Å². The zero-order valence-corrected chi connectivity index (χ0v) is 11.9. The number of benzene rings is 1. The fourth-order valence-electron chi connectivity index (χ4n) is 2.07. The van der Waals surface area contributed by atoms with E-state index in [-0.39, 0.29) is 11.3 Å². The van der Waals surface area contributed by atoms with Crippen LogP contribution in [0.3, 0.4) is 0 Å². The van der Waals surface area contributed by atoms with Gasteiger partial charge in [0, 0.05) is 13.1 Å². The van der Waals surface area contributed by atoms with E-state index in [1.165, 1.54) is 0 Å². The number of anilines is 1. The summed E-state index contributed by atoms with van der Waals surface area (Å²) < 4.78 is 28.0. The number of hydrogen-bond donors (Lipinski definition) is 0. The van der Waals surface area contributed by atoms with Crippen LogP contribution in [0, 0.1) is 34.8 Å². The van der Waals surface area contributed by atoms with Gasteiger partial charge in [0.1, 0.15) is 5.69 Å². The summed E-state index contributed by atoms with van der Waals surface area (Å²) in [6, 6.07) is 3.94. The normalized spacial score (nSPS) is 10.9. The van der Waals surface area contributed by atoms with Gasteiger partial charge in [-0.1, -0.05) is 27.7 Å². The lowest BCUT2D eigenvalue weighted by atomic mass is 10.1. The van der Waals surface area contributed by atoms with Crippen molar-refractivity contribution in [3.05, 3.63) is 29.3 Å². The average molecular weight is 266 g/mol. The van der Waals surface area contributed by atoms with Crippen molar-refractivity contribution in [2.75, 3.05) is 18.0 Å². The van der Waals surface area contributed by atoms with E-state index in [1.807, 2.05) is 27.7 Å². The van der Waals surface area contributed by atoms with Gasteiger partial charge in [-0.3, -0.25) is 0 Å². The largest absolute Gasteiger partial charge is 0.366 e. The molecule has 0 radical (unpaired) electrons. The Kier molecular flexibility index (Phi) is 5.29. The highest BCUT2D eigenvalue weighted by Gasteiger charge is 2.19. The highest BCUT2D eigenvalue weighted by molar-refractivity contribution is 5.52. The third-order valence-corrected chi connectivity index (χ3v) is 2.63. The molecule has 0 bridgehead atoms. The first-order chi connectivity index (χ1) is 8.85. The monoisotopic (exact) mass is 266 g/mol. The smallest absolute Gasteiger partial charge is 0.150 e. The number of nitriles is 1. The summed E-state index contributed by atoms with van der Waals surface area (Å²) in [5.74, 6) is -0.739. The molecule has 0 saturated carbocycles. The van der Waals surface area contributed by atoms with Crippen molar-refractivity contribution in [2.45, 2.75) is 27.7 Å². The van der Waals surface area contributed by atoms with E-state index in [0.29, 0.717) is 24.9 Å². The molecule has 0 atom stereocenters. The van der Waals surface area contributed by atoms with Crippen LogP contribution in [-0.2, 0) is 0 Å². The van der Waals surface area contributed by atoms with Gasteiger partial charge in [-0.05, 0) is 24.0 Å². The van der Waals surface area contributed by atoms with Crippen molar-refractivity contribution in [3.63, 3.8) is 0 Å². The SMILES string of the molecule is CC(C)CN(CC(C)C)c1c(F)cc(C#N)cc1F. The van der Waals surface area contributed by atoms with Crippen LogP contribution in [0.4, 0.5) is 14.5 Å². The minimum absolute atomic E-state index is 0.00722. The number of nitrogens with zero attached hydrogens (tertiary/aromatic N) is 2. The zero-order chi connectivity index (χ0) is 14.6. The summed E-state index contributed by atoms with van der Waals surface area (Å²) >= 11 is 0. The summed E-state index contributed by atoms with van der Waals surface area (Å²) in [6.07, 6.45) is 0. The zero-order valence-electron chi connectivity index (χ0n) is 11.9. The molecule has 0 aromatic heterocycles. The molecule has 4 heteroatoms. The van der Waals surface area contributed by atoms with E-state index in [9.17, 15) is 8.78 Å². The molecule has 0 amide bonds. The minimum Gasteiger partial charge on any atom is -0.366 e. The van der Waals surface area contributed by atoms with Crippen LogP contribution in [0.25, 0.3) is 0 Å². The van der Waals surface area contributed by atoms with E-state index >= 15 is 0 Å². The van der Waals surface area contributed by atoms with E-state index < -0.39 is 11.6 Å². The van der Waals surface area contributed by atoms with Crippen molar-refractivity contribution in [2.24, 2.45) is 11.8 Å². The highest BCUT2D eigenvalue weighted by atomic mass is 19.1. The van der Waals surface area contributed by atoms with Gasteiger partial charge in [-0.2, -0.15) is 5.26 Å². The quantitative estimate of drug-likeness (QED) is 0.806. The number of hydrogen-bond acceptors (Lipinski definition) is 2. The molecule has 0 N–H and O–H groups in total. The van der Waals surface area contributed by atoms with Crippen LogP contribution >= 0.6 is 0 Å². The maximum Gasteiger partial charge on any atom is 0.150 e. The summed E-state index contributed by atoms with van der Waals surface area (Å²) in [4.78, 5) is 1.72. The number of halogens is 2. The molecule has 104 valence electrons.